The van der Waals surface area contributed by atoms with Gasteiger partial charge >= 0.3 is 0 Å². The first-order chi connectivity index (χ1) is 10.2. The van der Waals surface area contributed by atoms with Gasteiger partial charge in [-0.15, -0.1) is 0 Å². The van der Waals surface area contributed by atoms with Crippen molar-refractivity contribution >= 4 is 27.7 Å². The highest BCUT2D eigenvalue weighted by molar-refractivity contribution is 9.10. The van der Waals surface area contributed by atoms with Crippen molar-refractivity contribution in [1.29, 1.82) is 0 Å². The number of ether oxygens (including phenoxy) is 1. The largest absolute Gasteiger partial charge is 0.481 e. The average Bonchev–Trinajstić information content (AvgIpc) is 2.96. The maximum atomic E-state index is 5.09. The van der Waals surface area contributed by atoms with Crippen molar-refractivity contribution in [3.63, 3.8) is 0 Å². The lowest BCUT2D eigenvalue weighted by Crippen LogP contribution is -2.27. The number of hydrogen-bond acceptors (Lipinski definition) is 7. The van der Waals surface area contributed by atoms with Crippen LogP contribution < -0.4 is 15.0 Å². The molecule has 1 aliphatic heterocycles. The number of rotatable bonds is 4. The average molecular weight is 351 g/mol. The molecule has 1 N–H and O–H groups in total. The van der Waals surface area contributed by atoms with E-state index < -0.39 is 0 Å². The number of methoxy groups -OCH3 is 1. The lowest BCUT2D eigenvalue weighted by Gasteiger charge is -2.17. The number of anilines is 2. The summed E-state index contributed by atoms with van der Waals surface area (Å²) in [6, 6.07) is 2.09. The van der Waals surface area contributed by atoms with Crippen molar-refractivity contribution in [1.82, 2.24) is 19.9 Å². The third-order valence-corrected chi connectivity index (χ3v) is 3.69. The zero-order valence-electron chi connectivity index (χ0n) is 11.5. The van der Waals surface area contributed by atoms with Crippen LogP contribution in [0.25, 0.3) is 0 Å². The summed E-state index contributed by atoms with van der Waals surface area (Å²) < 4.78 is 5.98. The van der Waals surface area contributed by atoms with E-state index in [1.165, 1.54) is 6.33 Å². The van der Waals surface area contributed by atoms with Crippen LogP contribution in [0.5, 0.6) is 5.88 Å². The predicted molar refractivity (Wildman–Crippen MR) is 82.6 cm³/mol. The zero-order chi connectivity index (χ0) is 14.7. The van der Waals surface area contributed by atoms with E-state index in [0.29, 0.717) is 11.9 Å². The molecule has 0 aliphatic carbocycles. The van der Waals surface area contributed by atoms with Crippen molar-refractivity contribution in [2.24, 2.45) is 0 Å². The molecule has 0 spiro atoms. The zero-order valence-corrected chi connectivity index (χ0v) is 13.1. The first-order valence-electron chi connectivity index (χ1n) is 6.59. The van der Waals surface area contributed by atoms with E-state index in [2.05, 4.69) is 46.1 Å². The minimum atomic E-state index is 0.303. The third kappa shape index (κ3) is 3.38. The Hall–Kier alpha value is -1.96. The molecule has 3 heterocycles. The van der Waals surface area contributed by atoms with Crippen LogP contribution in [0.2, 0.25) is 0 Å². The molecule has 1 saturated heterocycles. The number of aromatic nitrogens is 4. The van der Waals surface area contributed by atoms with Crippen LogP contribution in [-0.4, -0.2) is 46.2 Å². The second kappa shape index (κ2) is 6.21. The van der Waals surface area contributed by atoms with Crippen molar-refractivity contribution in [3.8, 4) is 5.88 Å². The monoisotopic (exact) mass is 350 g/mol. The highest BCUT2D eigenvalue weighted by atomic mass is 79.9. The molecule has 0 amide bonds. The number of nitrogens with one attached hydrogen (secondary N) is 1. The van der Waals surface area contributed by atoms with Crippen LogP contribution in [-0.2, 0) is 0 Å². The standard InChI is InChI=1S/C13H15BrN6O/c1-21-12-4-11(17-8-18-12)19-10-2-3-20(7-10)13-15-5-9(14)6-16-13/h4-6,8,10H,2-3,7H2,1H3,(H,17,18,19). The van der Waals surface area contributed by atoms with E-state index in [4.69, 9.17) is 4.74 Å². The van der Waals surface area contributed by atoms with E-state index in [1.807, 2.05) is 0 Å². The number of halogens is 1. The second-order valence-corrected chi connectivity index (χ2v) is 5.64. The molecule has 0 bridgehead atoms. The molecule has 1 aliphatic rings. The molecule has 3 rings (SSSR count). The topological polar surface area (TPSA) is 76.1 Å². The predicted octanol–water partition coefficient (Wildman–Crippen LogP) is 1.73. The molecule has 2 aromatic rings. The lowest BCUT2D eigenvalue weighted by atomic mass is 10.2. The Bertz CT molecular complexity index is 608. The van der Waals surface area contributed by atoms with Crippen LogP contribution in [0.15, 0.2) is 29.3 Å². The second-order valence-electron chi connectivity index (χ2n) is 4.72. The molecule has 2 aromatic heterocycles. The maximum absolute atomic E-state index is 5.09. The van der Waals surface area contributed by atoms with E-state index >= 15 is 0 Å². The van der Waals surface area contributed by atoms with Crippen molar-refractivity contribution in [3.05, 3.63) is 29.3 Å². The molecule has 7 nitrogen and oxygen atoms in total. The molecule has 8 heteroatoms. The van der Waals surface area contributed by atoms with E-state index in [-0.39, 0.29) is 0 Å². The summed E-state index contributed by atoms with van der Waals surface area (Å²) >= 11 is 3.34. The van der Waals surface area contributed by atoms with Crippen LogP contribution in [0.4, 0.5) is 11.8 Å². The lowest BCUT2D eigenvalue weighted by molar-refractivity contribution is 0.397. The van der Waals surface area contributed by atoms with Crippen LogP contribution in [0.1, 0.15) is 6.42 Å². The molecular weight excluding hydrogens is 336 g/mol. The summed E-state index contributed by atoms with van der Waals surface area (Å²) in [5.74, 6) is 2.08. The van der Waals surface area contributed by atoms with Gasteiger partial charge in [-0.05, 0) is 22.4 Å². The van der Waals surface area contributed by atoms with Gasteiger partial charge in [-0.3, -0.25) is 0 Å². The normalized spacial score (nSPS) is 17.8. The summed E-state index contributed by atoms with van der Waals surface area (Å²) in [5.41, 5.74) is 0. The van der Waals surface area contributed by atoms with Gasteiger partial charge in [0.1, 0.15) is 12.1 Å². The van der Waals surface area contributed by atoms with E-state index in [9.17, 15) is 0 Å². The Morgan fingerprint density at radius 1 is 1.29 bits per heavy atom. The molecule has 110 valence electrons. The Morgan fingerprint density at radius 3 is 2.86 bits per heavy atom. The first-order valence-corrected chi connectivity index (χ1v) is 7.39. The first kappa shape index (κ1) is 14.0. The summed E-state index contributed by atoms with van der Waals surface area (Å²) in [4.78, 5) is 19.0. The van der Waals surface area contributed by atoms with Crippen LogP contribution in [0.3, 0.4) is 0 Å². The smallest absolute Gasteiger partial charge is 0.225 e. The molecule has 0 aromatic carbocycles. The van der Waals surface area contributed by atoms with Gasteiger partial charge in [0.05, 0.1) is 11.6 Å². The maximum Gasteiger partial charge on any atom is 0.225 e. The van der Waals surface area contributed by atoms with Crippen LogP contribution >= 0.6 is 15.9 Å². The molecule has 1 unspecified atom stereocenters. The van der Waals surface area contributed by atoms with Gasteiger partial charge < -0.3 is 15.0 Å². The molecular formula is C13H15BrN6O. The number of nitrogens with zero attached hydrogens (tertiary/aromatic N) is 5. The molecule has 21 heavy (non-hydrogen) atoms. The fourth-order valence-corrected chi connectivity index (χ4v) is 2.47. The minimum Gasteiger partial charge on any atom is -0.481 e. The Balaban J connectivity index is 1.63. The molecule has 1 fully saturated rings. The summed E-state index contributed by atoms with van der Waals surface area (Å²) in [6.45, 7) is 1.76. The summed E-state index contributed by atoms with van der Waals surface area (Å²) in [6.07, 6.45) is 6.02. The number of hydrogen-bond donors (Lipinski definition) is 1. The van der Waals surface area contributed by atoms with Crippen molar-refractivity contribution in [2.45, 2.75) is 12.5 Å². The van der Waals surface area contributed by atoms with Gasteiger partial charge in [-0.25, -0.2) is 19.9 Å². The van der Waals surface area contributed by atoms with E-state index in [1.54, 1.807) is 25.6 Å². The quantitative estimate of drug-likeness (QED) is 0.899. The van der Waals surface area contributed by atoms with Gasteiger partial charge in [0, 0.05) is 37.6 Å². The van der Waals surface area contributed by atoms with Gasteiger partial charge in [0.2, 0.25) is 11.8 Å². The van der Waals surface area contributed by atoms with Crippen LogP contribution in [0, 0.1) is 0 Å². The molecule has 0 saturated carbocycles. The van der Waals surface area contributed by atoms with Gasteiger partial charge in [-0.2, -0.15) is 0 Å². The summed E-state index contributed by atoms with van der Waals surface area (Å²) in [5, 5.41) is 3.39. The minimum absolute atomic E-state index is 0.303. The van der Waals surface area contributed by atoms with Crippen molar-refractivity contribution < 1.29 is 4.74 Å². The van der Waals surface area contributed by atoms with Gasteiger partial charge in [0.25, 0.3) is 0 Å². The fraction of sp³-hybridized carbons (Fsp3) is 0.385. The fourth-order valence-electron chi connectivity index (χ4n) is 2.27. The van der Waals surface area contributed by atoms with Gasteiger partial charge in [0.15, 0.2) is 0 Å². The Kier molecular flexibility index (Phi) is 4.14. The summed E-state index contributed by atoms with van der Waals surface area (Å²) in [7, 11) is 1.59. The van der Waals surface area contributed by atoms with E-state index in [0.717, 1.165) is 35.7 Å². The molecule has 1 atom stereocenters. The Morgan fingerprint density at radius 2 is 2.10 bits per heavy atom. The van der Waals surface area contributed by atoms with Gasteiger partial charge in [-0.1, -0.05) is 0 Å². The molecule has 0 radical (unpaired) electrons. The Labute approximate surface area is 130 Å². The SMILES string of the molecule is COc1cc(NC2CCN(c3ncc(Br)cn3)C2)ncn1. The highest BCUT2D eigenvalue weighted by Gasteiger charge is 2.24. The third-order valence-electron chi connectivity index (χ3n) is 3.28. The highest BCUT2D eigenvalue weighted by Crippen LogP contribution is 2.20. The van der Waals surface area contributed by atoms with Crippen molar-refractivity contribution in [2.75, 3.05) is 30.4 Å².